The SMILES string of the molecule is Cc1ccc(S(=O)(=O)N(CC(=O)N(Cc2ccc(Cl)cc2Cl)C(C)C(=O)NC(C)(C)C)c2ccc(F)cc2)cc1. The first-order chi connectivity index (χ1) is 18.6. The summed E-state index contributed by atoms with van der Waals surface area (Å²) in [4.78, 5) is 28.3. The second-order valence-electron chi connectivity index (χ2n) is 10.5. The maximum Gasteiger partial charge on any atom is 0.264 e. The zero-order chi connectivity index (χ0) is 29.8. The molecule has 11 heteroatoms. The normalized spacial score (nSPS) is 12.5. The second kappa shape index (κ2) is 12.6. The van der Waals surface area contributed by atoms with E-state index in [1.807, 2.05) is 27.7 Å². The van der Waals surface area contributed by atoms with Gasteiger partial charge in [0, 0.05) is 22.1 Å². The summed E-state index contributed by atoms with van der Waals surface area (Å²) in [6, 6.07) is 14.7. The van der Waals surface area contributed by atoms with Crippen LogP contribution in [0.1, 0.15) is 38.8 Å². The summed E-state index contributed by atoms with van der Waals surface area (Å²) in [6.07, 6.45) is 0. The van der Waals surface area contributed by atoms with E-state index in [1.54, 1.807) is 31.2 Å². The van der Waals surface area contributed by atoms with E-state index in [1.165, 1.54) is 35.2 Å². The fourth-order valence-electron chi connectivity index (χ4n) is 3.86. The van der Waals surface area contributed by atoms with Crippen LogP contribution in [-0.4, -0.2) is 43.3 Å². The molecule has 0 aliphatic heterocycles. The zero-order valence-corrected chi connectivity index (χ0v) is 25.2. The molecule has 0 aliphatic rings. The summed E-state index contributed by atoms with van der Waals surface area (Å²) in [5.74, 6) is -1.66. The van der Waals surface area contributed by atoms with Crippen molar-refractivity contribution in [2.24, 2.45) is 0 Å². The van der Waals surface area contributed by atoms with E-state index in [2.05, 4.69) is 5.32 Å². The van der Waals surface area contributed by atoms with Crippen LogP contribution in [-0.2, 0) is 26.2 Å². The number of rotatable bonds is 9. The number of carbonyl (C=O) groups excluding carboxylic acids is 2. The molecule has 7 nitrogen and oxygen atoms in total. The van der Waals surface area contributed by atoms with Crippen molar-refractivity contribution < 1.29 is 22.4 Å². The van der Waals surface area contributed by atoms with Crippen LogP contribution in [0.4, 0.5) is 10.1 Å². The Morgan fingerprint density at radius 3 is 2.12 bits per heavy atom. The third-order valence-corrected chi connectivity index (χ3v) is 8.40. The number of nitrogens with zero attached hydrogens (tertiary/aromatic N) is 2. The first-order valence-corrected chi connectivity index (χ1v) is 14.7. The molecule has 40 heavy (non-hydrogen) atoms. The molecule has 3 rings (SSSR count). The summed E-state index contributed by atoms with van der Waals surface area (Å²) in [7, 11) is -4.25. The van der Waals surface area contributed by atoms with Gasteiger partial charge < -0.3 is 10.2 Å². The minimum absolute atomic E-state index is 0.0407. The maximum absolute atomic E-state index is 13.9. The monoisotopic (exact) mass is 607 g/mol. The predicted molar refractivity (Wildman–Crippen MR) is 156 cm³/mol. The number of amides is 2. The van der Waals surface area contributed by atoms with Gasteiger partial charge in [-0.2, -0.15) is 0 Å². The van der Waals surface area contributed by atoms with Crippen LogP contribution in [0.3, 0.4) is 0 Å². The Bertz CT molecular complexity index is 1470. The van der Waals surface area contributed by atoms with Gasteiger partial charge in [-0.15, -0.1) is 0 Å². The van der Waals surface area contributed by atoms with Gasteiger partial charge in [0.2, 0.25) is 11.8 Å². The lowest BCUT2D eigenvalue weighted by Gasteiger charge is -2.33. The van der Waals surface area contributed by atoms with Crippen LogP contribution in [0.5, 0.6) is 0 Å². The molecule has 1 N–H and O–H groups in total. The molecule has 0 radical (unpaired) electrons. The minimum Gasteiger partial charge on any atom is -0.350 e. The number of hydrogen-bond donors (Lipinski definition) is 1. The number of sulfonamides is 1. The van der Waals surface area contributed by atoms with Crippen molar-refractivity contribution in [1.82, 2.24) is 10.2 Å². The number of aryl methyl sites for hydroxylation is 1. The van der Waals surface area contributed by atoms with Gasteiger partial charge in [0.05, 0.1) is 10.6 Å². The van der Waals surface area contributed by atoms with Gasteiger partial charge in [-0.3, -0.25) is 13.9 Å². The van der Waals surface area contributed by atoms with Crippen molar-refractivity contribution in [2.45, 2.75) is 57.6 Å². The molecule has 3 aromatic carbocycles. The standard InChI is InChI=1S/C29H32Cl2FN3O4S/c1-19-6-14-25(15-7-19)40(38,39)35(24-12-10-23(32)11-13-24)18-27(36)34(20(2)28(37)33-29(3,4)5)17-21-8-9-22(30)16-26(21)31/h6-16,20H,17-18H2,1-5H3,(H,33,37). The Hall–Kier alpha value is -3.14. The molecule has 3 aromatic rings. The van der Waals surface area contributed by atoms with Gasteiger partial charge in [-0.25, -0.2) is 12.8 Å². The van der Waals surface area contributed by atoms with E-state index in [0.29, 0.717) is 10.6 Å². The van der Waals surface area contributed by atoms with Crippen molar-refractivity contribution in [3.63, 3.8) is 0 Å². The lowest BCUT2D eigenvalue weighted by molar-refractivity contribution is -0.140. The molecule has 1 atom stereocenters. The third kappa shape index (κ3) is 7.96. The van der Waals surface area contributed by atoms with Crippen molar-refractivity contribution in [2.75, 3.05) is 10.8 Å². The van der Waals surface area contributed by atoms with Crippen LogP contribution in [0.25, 0.3) is 0 Å². The molecule has 0 aromatic heterocycles. The number of benzene rings is 3. The van der Waals surface area contributed by atoms with Crippen molar-refractivity contribution in [3.8, 4) is 0 Å². The van der Waals surface area contributed by atoms with Crippen molar-refractivity contribution in [3.05, 3.63) is 93.7 Å². The number of hydrogen-bond acceptors (Lipinski definition) is 4. The quantitative estimate of drug-likeness (QED) is 0.325. The van der Waals surface area contributed by atoms with Crippen LogP contribution >= 0.6 is 23.2 Å². The average molecular weight is 609 g/mol. The van der Waals surface area contributed by atoms with E-state index < -0.39 is 45.8 Å². The average Bonchev–Trinajstić information content (AvgIpc) is 2.86. The molecule has 0 spiro atoms. The van der Waals surface area contributed by atoms with Crippen molar-refractivity contribution in [1.29, 1.82) is 0 Å². The zero-order valence-electron chi connectivity index (χ0n) is 22.9. The minimum atomic E-state index is -4.25. The molecule has 0 saturated carbocycles. The van der Waals surface area contributed by atoms with E-state index in [9.17, 15) is 22.4 Å². The van der Waals surface area contributed by atoms with E-state index in [0.717, 1.165) is 22.0 Å². The topological polar surface area (TPSA) is 86.8 Å². The Morgan fingerprint density at radius 1 is 0.975 bits per heavy atom. The van der Waals surface area contributed by atoms with Crippen LogP contribution < -0.4 is 9.62 Å². The molecule has 2 amide bonds. The van der Waals surface area contributed by atoms with E-state index in [-0.39, 0.29) is 22.2 Å². The highest BCUT2D eigenvalue weighted by molar-refractivity contribution is 7.92. The first-order valence-electron chi connectivity index (χ1n) is 12.5. The fraction of sp³-hybridized carbons (Fsp3) is 0.310. The maximum atomic E-state index is 13.9. The van der Waals surface area contributed by atoms with Crippen LogP contribution in [0.2, 0.25) is 10.0 Å². The summed E-state index contributed by atoms with van der Waals surface area (Å²) in [5.41, 5.74) is 0.886. The first kappa shape index (κ1) is 31.4. The molecule has 0 fully saturated rings. The highest BCUT2D eigenvalue weighted by Gasteiger charge is 2.33. The predicted octanol–water partition coefficient (Wildman–Crippen LogP) is 5.97. The lowest BCUT2D eigenvalue weighted by Crippen LogP contribution is -2.54. The molecular formula is C29H32Cl2FN3O4S. The largest absolute Gasteiger partial charge is 0.350 e. The molecule has 1 unspecified atom stereocenters. The Balaban J connectivity index is 2.05. The molecule has 0 bridgehead atoms. The Morgan fingerprint density at radius 2 is 1.57 bits per heavy atom. The third-order valence-electron chi connectivity index (χ3n) is 6.02. The highest BCUT2D eigenvalue weighted by atomic mass is 35.5. The number of carbonyl (C=O) groups is 2. The molecular weight excluding hydrogens is 576 g/mol. The Labute approximate surface area is 244 Å². The van der Waals surface area contributed by atoms with E-state index >= 15 is 0 Å². The number of nitrogens with one attached hydrogen (secondary N) is 1. The van der Waals surface area contributed by atoms with Gasteiger partial charge in [0.1, 0.15) is 18.4 Å². The molecule has 0 saturated heterocycles. The van der Waals surface area contributed by atoms with Gasteiger partial charge in [0.25, 0.3) is 10.0 Å². The van der Waals surface area contributed by atoms with Crippen LogP contribution in [0.15, 0.2) is 71.6 Å². The smallest absolute Gasteiger partial charge is 0.264 e. The van der Waals surface area contributed by atoms with Gasteiger partial charge in [-0.05, 0) is 88.7 Å². The number of halogens is 3. The van der Waals surface area contributed by atoms with Crippen LogP contribution in [0, 0.1) is 12.7 Å². The molecule has 214 valence electrons. The molecule has 0 aliphatic carbocycles. The van der Waals surface area contributed by atoms with Crippen molar-refractivity contribution >= 4 is 50.7 Å². The molecule has 0 heterocycles. The fourth-order valence-corrected chi connectivity index (χ4v) is 5.75. The summed E-state index contributed by atoms with van der Waals surface area (Å²) >= 11 is 12.4. The highest BCUT2D eigenvalue weighted by Crippen LogP contribution is 2.27. The van der Waals surface area contributed by atoms with Gasteiger partial charge in [-0.1, -0.05) is 47.0 Å². The summed E-state index contributed by atoms with van der Waals surface area (Å²) in [6.45, 7) is 8.06. The van der Waals surface area contributed by atoms with Gasteiger partial charge >= 0.3 is 0 Å². The summed E-state index contributed by atoms with van der Waals surface area (Å²) < 4.78 is 42.2. The summed E-state index contributed by atoms with van der Waals surface area (Å²) in [5, 5.41) is 3.54. The Kier molecular flexibility index (Phi) is 9.87. The van der Waals surface area contributed by atoms with Gasteiger partial charge in [0.15, 0.2) is 0 Å². The van der Waals surface area contributed by atoms with E-state index in [4.69, 9.17) is 23.2 Å². The second-order valence-corrected chi connectivity index (χ2v) is 13.2. The lowest BCUT2D eigenvalue weighted by atomic mass is 10.1. The number of anilines is 1.